The molecule has 16 heavy (non-hydrogen) atoms. The summed E-state index contributed by atoms with van der Waals surface area (Å²) in [4.78, 5) is 8.39. The summed E-state index contributed by atoms with van der Waals surface area (Å²) in [6, 6.07) is 0. The first kappa shape index (κ1) is 10.4. The van der Waals surface area contributed by atoms with Gasteiger partial charge in [0.25, 0.3) is 0 Å². The number of aryl methyl sites for hydroxylation is 2. The van der Waals surface area contributed by atoms with Crippen molar-refractivity contribution in [3.63, 3.8) is 0 Å². The predicted octanol–water partition coefficient (Wildman–Crippen LogP) is 1.15. The minimum Gasteiger partial charge on any atom is -0.383 e. The number of nitrogen functional groups attached to an aromatic ring is 1. The second kappa shape index (κ2) is 3.80. The molecular weight excluding hydrogens is 204 g/mol. The van der Waals surface area contributed by atoms with Crippen LogP contribution in [0.2, 0.25) is 0 Å². The van der Waals surface area contributed by atoms with Crippen LogP contribution in [-0.2, 0) is 7.05 Å². The molecule has 0 aromatic carbocycles. The highest BCUT2D eigenvalue weighted by Gasteiger charge is 2.07. The van der Waals surface area contributed by atoms with Gasteiger partial charge < -0.3 is 11.1 Å². The van der Waals surface area contributed by atoms with Gasteiger partial charge in [0.2, 0.25) is 0 Å². The molecule has 0 aliphatic heterocycles. The first-order valence-electron chi connectivity index (χ1n) is 4.92. The van der Waals surface area contributed by atoms with Crippen molar-refractivity contribution in [3.05, 3.63) is 23.8 Å². The minimum atomic E-state index is 0.499. The van der Waals surface area contributed by atoms with E-state index in [2.05, 4.69) is 20.4 Å². The lowest BCUT2D eigenvalue weighted by Gasteiger charge is -2.08. The van der Waals surface area contributed by atoms with Gasteiger partial charge in [0.15, 0.2) is 0 Å². The molecule has 2 rings (SSSR count). The van der Waals surface area contributed by atoms with E-state index in [1.165, 1.54) is 0 Å². The highest BCUT2D eigenvalue weighted by molar-refractivity contribution is 5.62. The Bertz CT molecular complexity index is 516. The van der Waals surface area contributed by atoms with Gasteiger partial charge in [0, 0.05) is 18.8 Å². The third-order valence-electron chi connectivity index (χ3n) is 2.26. The summed E-state index contributed by atoms with van der Waals surface area (Å²) in [5.74, 6) is 1.87. The van der Waals surface area contributed by atoms with E-state index >= 15 is 0 Å². The number of rotatable bonds is 2. The zero-order chi connectivity index (χ0) is 11.7. The lowest BCUT2D eigenvalue weighted by atomic mass is 10.3. The van der Waals surface area contributed by atoms with Crippen LogP contribution < -0.4 is 11.1 Å². The summed E-state index contributed by atoms with van der Waals surface area (Å²) in [5.41, 5.74) is 7.49. The molecule has 0 fully saturated rings. The Labute approximate surface area is 93.5 Å². The number of nitrogens with one attached hydrogen (secondary N) is 1. The molecule has 0 aliphatic rings. The summed E-state index contributed by atoms with van der Waals surface area (Å²) >= 11 is 0. The average Bonchev–Trinajstić information content (AvgIpc) is 2.60. The SMILES string of the molecule is Cc1nc(N)c(C)c(Nc2cnn(C)c2)n1. The fourth-order valence-electron chi connectivity index (χ4n) is 1.39. The molecule has 2 aromatic rings. The van der Waals surface area contributed by atoms with Gasteiger partial charge in [-0.3, -0.25) is 4.68 Å². The fraction of sp³-hybridized carbons (Fsp3) is 0.300. The third-order valence-corrected chi connectivity index (χ3v) is 2.26. The Hall–Kier alpha value is -2.11. The monoisotopic (exact) mass is 218 g/mol. The maximum atomic E-state index is 5.77. The molecule has 0 atom stereocenters. The van der Waals surface area contributed by atoms with Crippen LogP contribution >= 0.6 is 0 Å². The molecule has 6 nitrogen and oxygen atoms in total. The van der Waals surface area contributed by atoms with E-state index in [1.54, 1.807) is 10.9 Å². The van der Waals surface area contributed by atoms with Crippen molar-refractivity contribution in [1.29, 1.82) is 0 Å². The normalized spacial score (nSPS) is 10.4. The molecule has 0 radical (unpaired) electrons. The Kier molecular flexibility index (Phi) is 2.47. The molecule has 0 saturated carbocycles. The number of aromatic nitrogens is 4. The highest BCUT2D eigenvalue weighted by atomic mass is 15.3. The van der Waals surface area contributed by atoms with Crippen LogP contribution in [0.1, 0.15) is 11.4 Å². The molecule has 0 amide bonds. The van der Waals surface area contributed by atoms with E-state index < -0.39 is 0 Å². The molecule has 0 saturated heterocycles. The maximum absolute atomic E-state index is 5.77. The number of hydrogen-bond donors (Lipinski definition) is 2. The molecule has 0 bridgehead atoms. The van der Waals surface area contributed by atoms with Gasteiger partial charge >= 0.3 is 0 Å². The lowest BCUT2D eigenvalue weighted by Crippen LogP contribution is -2.04. The second-order valence-electron chi connectivity index (χ2n) is 3.66. The van der Waals surface area contributed by atoms with Crippen molar-refractivity contribution in [3.8, 4) is 0 Å². The molecule has 0 spiro atoms. The zero-order valence-electron chi connectivity index (χ0n) is 9.52. The summed E-state index contributed by atoms with van der Waals surface area (Å²) in [7, 11) is 1.86. The molecular formula is C10H14N6. The van der Waals surface area contributed by atoms with Gasteiger partial charge in [0.1, 0.15) is 17.5 Å². The number of anilines is 3. The van der Waals surface area contributed by atoms with Gasteiger partial charge in [-0.1, -0.05) is 0 Å². The lowest BCUT2D eigenvalue weighted by molar-refractivity contribution is 0.768. The standard InChI is InChI=1S/C10H14N6/c1-6-9(11)13-7(2)14-10(6)15-8-4-12-16(3)5-8/h4-5H,1-3H3,(H3,11,13,14,15). The molecule has 84 valence electrons. The van der Waals surface area contributed by atoms with Crippen molar-refractivity contribution in [2.24, 2.45) is 7.05 Å². The van der Waals surface area contributed by atoms with E-state index in [9.17, 15) is 0 Å². The van der Waals surface area contributed by atoms with E-state index in [4.69, 9.17) is 5.73 Å². The first-order valence-corrected chi connectivity index (χ1v) is 4.92. The summed E-state index contributed by atoms with van der Waals surface area (Å²) < 4.78 is 1.72. The largest absolute Gasteiger partial charge is 0.383 e. The Morgan fingerprint density at radius 2 is 2.06 bits per heavy atom. The number of nitrogens with zero attached hydrogens (tertiary/aromatic N) is 4. The predicted molar refractivity (Wildman–Crippen MR) is 62.4 cm³/mol. The van der Waals surface area contributed by atoms with E-state index in [0.717, 1.165) is 17.1 Å². The van der Waals surface area contributed by atoms with Crippen molar-refractivity contribution in [2.75, 3.05) is 11.1 Å². The van der Waals surface area contributed by atoms with Gasteiger partial charge in [-0.05, 0) is 13.8 Å². The second-order valence-corrected chi connectivity index (χ2v) is 3.66. The van der Waals surface area contributed by atoms with Crippen molar-refractivity contribution < 1.29 is 0 Å². The summed E-state index contributed by atoms with van der Waals surface area (Å²) in [6.07, 6.45) is 3.60. The Morgan fingerprint density at radius 3 is 2.69 bits per heavy atom. The molecule has 0 aliphatic carbocycles. The smallest absolute Gasteiger partial charge is 0.139 e. The quantitative estimate of drug-likeness (QED) is 0.790. The Balaban J connectivity index is 2.34. The maximum Gasteiger partial charge on any atom is 0.139 e. The molecule has 2 heterocycles. The van der Waals surface area contributed by atoms with Crippen LogP contribution in [0.15, 0.2) is 12.4 Å². The van der Waals surface area contributed by atoms with E-state index in [-0.39, 0.29) is 0 Å². The van der Waals surface area contributed by atoms with E-state index in [0.29, 0.717) is 11.6 Å². The number of hydrogen-bond acceptors (Lipinski definition) is 5. The van der Waals surface area contributed by atoms with Crippen molar-refractivity contribution in [2.45, 2.75) is 13.8 Å². The van der Waals surface area contributed by atoms with Crippen LogP contribution in [0.4, 0.5) is 17.3 Å². The van der Waals surface area contributed by atoms with Crippen LogP contribution in [0.3, 0.4) is 0 Å². The van der Waals surface area contributed by atoms with Crippen molar-refractivity contribution in [1.82, 2.24) is 19.7 Å². The third kappa shape index (κ3) is 1.95. The molecule has 0 unspecified atom stereocenters. The average molecular weight is 218 g/mol. The zero-order valence-corrected chi connectivity index (χ0v) is 9.52. The van der Waals surface area contributed by atoms with Gasteiger partial charge in [-0.2, -0.15) is 5.10 Å². The molecule has 3 N–H and O–H groups in total. The fourth-order valence-corrected chi connectivity index (χ4v) is 1.39. The topological polar surface area (TPSA) is 81.6 Å². The van der Waals surface area contributed by atoms with Crippen LogP contribution in [0.5, 0.6) is 0 Å². The van der Waals surface area contributed by atoms with Crippen LogP contribution in [0.25, 0.3) is 0 Å². The van der Waals surface area contributed by atoms with Crippen LogP contribution in [0, 0.1) is 13.8 Å². The van der Waals surface area contributed by atoms with Gasteiger partial charge in [-0.25, -0.2) is 9.97 Å². The highest BCUT2D eigenvalue weighted by Crippen LogP contribution is 2.20. The summed E-state index contributed by atoms with van der Waals surface area (Å²) in [6.45, 7) is 3.69. The Morgan fingerprint density at radius 1 is 1.31 bits per heavy atom. The van der Waals surface area contributed by atoms with Crippen molar-refractivity contribution >= 4 is 17.3 Å². The minimum absolute atomic E-state index is 0.499. The van der Waals surface area contributed by atoms with Gasteiger partial charge in [0.05, 0.1) is 11.9 Å². The van der Waals surface area contributed by atoms with Gasteiger partial charge in [-0.15, -0.1) is 0 Å². The molecule has 6 heteroatoms. The summed E-state index contributed by atoms with van der Waals surface area (Å²) in [5, 5.41) is 7.23. The number of nitrogens with two attached hydrogens (primary N) is 1. The van der Waals surface area contributed by atoms with Crippen LogP contribution in [-0.4, -0.2) is 19.7 Å². The van der Waals surface area contributed by atoms with E-state index in [1.807, 2.05) is 27.1 Å². The molecule has 2 aromatic heterocycles. The first-order chi connectivity index (χ1) is 7.56.